The van der Waals surface area contributed by atoms with Crippen molar-refractivity contribution in [2.75, 3.05) is 57.6 Å². The number of hydrogen-bond acceptors (Lipinski definition) is 10. The van der Waals surface area contributed by atoms with E-state index in [2.05, 4.69) is 58.3 Å². The molecule has 0 aliphatic carbocycles. The molecule has 40 heavy (non-hydrogen) atoms. The van der Waals surface area contributed by atoms with E-state index in [-0.39, 0.29) is 0 Å². The molecule has 11 nitrogen and oxygen atoms in total. The van der Waals surface area contributed by atoms with Crippen LogP contribution >= 0.6 is 11.6 Å². The summed E-state index contributed by atoms with van der Waals surface area (Å²) in [5.74, 6) is 2.94. The van der Waals surface area contributed by atoms with Crippen molar-refractivity contribution in [1.29, 1.82) is 0 Å². The smallest absolute Gasteiger partial charge is 0.286 e. The molecule has 208 valence electrons. The second kappa shape index (κ2) is 12.9. The highest BCUT2D eigenvalue weighted by molar-refractivity contribution is 6.35. The Balaban J connectivity index is 1.30. The van der Waals surface area contributed by atoms with Crippen LogP contribution in [0.3, 0.4) is 0 Å². The number of piperazine rings is 1. The molecule has 1 aromatic carbocycles. The quantitative estimate of drug-likeness (QED) is 0.293. The van der Waals surface area contributed by atoms with Gasteiger partial charge in [0, 0.05) is 57.1 Å². The van der Waals surface area contributed by atoms with E-state index in [1.807, 2.05) is 18.3 Å². The molecule has 3 aromatic heterocycles. The number of benzene rings is 1. The lowest BCUT2D eigenvalue weighted by atomic mass is 10.2. The first-order valence-electron chi connectivity index (χ1n) is 13.1. The topological polar surface area (TPSA) is 115 Å². The molecule has 4 aromatic rings. The number of rotatable bonds is 10. The number of aromatic amines is 1. The van der Waals surface area contributed by atoms with Crippen LogP contribution in [0, 0.1) is 0 Å². The van der Waals surface area contributed by atoms with Crippen LogP contribution in [0.4, 0.5) is 23.1 Å². The van der Waals surface area contributed by atoms with Crippen molar-refractivity contribution in [3.63, 3.8) is 0 Å². The third-order valence-electron chi connectivity index (χ3n) is 6.81. The van der Waals surface area contributed by atoms with Crippen molar-refractivity contribution in [1.82, 2.24) is 29.7 Å². The molecular formula is C28H33ClN9O2+. The van der Waals surface area contributed by atoms with E-state index < -0.39 is 0 Å². The van der Waals surface area contributed by atoms with Crippen LogP contribution in [-0.4, -0.2) is 76.7 Å². The maximum atomic E-state index is 6.55. The zero-order valence-corrected chi connectivity index (χ0v) is 23.6. The van der Waals surface area contributed by atoms with Gasteiger partial charge in [-0.25, -0.2) is 19.9 Å². The van der Waals surface area contributed by atoms with E-state index >= 15 is 0 Å². The van der Waals surface area contributed by atoms with E-state index in [0.29, 0.717) is 45.4 Å². The summed E-state index contributed by atoms with van der Waals surface area (Å²) in [4.78, 5) is 25.9. The Morgan fingerprint density at radius 3 is 2.48 bits per heavy atom. The first kappa shape index (κ1) is 27.5. The molecule has 0 spiro atoms. The van der Waals surface area contributed by atoms with Gasteiger partial charge in [-0.3, -0.25) is 4.90 Å². The predicted octanol–water partition coefficient (Wildman–Crippen LogP) is 4.04. The van der Waals surface area contributed by atoms with E-state index in [4.69, 9.17) is 21.1 Å². The van der Waals surface area contributed by atoms with Gasteiger partial charge in [-0.15, -0.1) is 0 Å². The molecule has 1 aliphatic rings. The second-order valence-corrected chi connectivity index (χ2v) is 9.70. The molecule has 4 heterocycles. The standard InChI is InChI=1S/C28H32ClN9O2/c1-4-37-7-9-38(10-8-37)16-19-5-6-25(31-14-19)36-26-13-22(32-18-33-26)21-15-30-17-34-28(21)35-23-11-20(39-2)12-24(40-3)27(23)29/h5-6,11-15,17-18H,4,7-10,16H2,1-3H3,(H,30,34,35)(H,31,32,33,36)/p+1. The van der Waals surface area contributed by atoms with E-state index in [9.17, 15) is 0 Å². The Hall–Kier alpha value is -4.06. The van der Waals surface area contributed by atoms with Crippen molar-refractivity contribution in [2.45, 2.75) is 13.5 Å². The lowest BCUT2D eigenvalue weighted by molar-refractivity contribution is -0.381. The molecule has 0 saturated carbocycles. The van der Waals surface area contributed by atoms with Gasteiger partial charge >= 0.3 is 0 Å². The average Bonchev–Trinajstić information content (AvgIpc) is 3.00. The second-order valence-electron chi connectivity index (χ2n) is 9.32. The Kier molecular flexibility index (Phi) is 8.84. The fourth-order valence-corrected chi connectivity index (χ4v) is 4.76. The third kappa shape index (κ3) is 6.56. The number of methoxy groups -OCH3 is 2. The summed E-state index contributed by atoms with van der Waals surface area (Å²) in [5.41, 5.74) is 3.14. The monoisotopic (exact) mass is 562 g/mol. The molecule has 0 unspecified atom stereocenters. The van der Waals surface area contributed by atoms with E-state index in [0.717, 1.165) is 44.8 Å². The number of hydrogen-bond donors (Lipinski definition) is 2. The van der Waals surface area contributed by atoms with Gasteiger partial charge in [-0.1, -0.05) is 24.6 Å². The Morgan fingerprint density at radius 2 is 1.75 bits per heavy atom. The summed E-state index contributed by atoms with van der Waals surface area (Å²) in [6.45, 7) is 8.63. The van der Waals surface area contributed by atoms with Crippen LogP contribution in [0.1, 0.15) is 12.5 Å². The molecule has 5 rings (SSSR count). The van der Waals surface area contributed by atoms with Crippen LogP contribution in [0.2, 0.25) is 5.02 Å². The molecule has 1 fully saturated rings. The fraction of sp³-hybridized carbons (Fsp3) is 0.321. The van der Waals surface area contributed by atoms with Gasteiger partial charge in [-0.2, -0.15) is 0 Å². The average molecular weight is 563 g/mol. The first-order valence-corrected chi connectivity index (χ1v) is 13.5. The Bertz CT molecular complexity index is 1430. The summed E-state index contributed by atoms with van der Waals surface area (Å²) in [7, 11) is 3.14. The third-order valence-corrected chi connectivity index (χ3v) is 7.20. The Morgan fingerprint density at radius 1 is 0.925 bits per heavy atom. The zero-order chi connectivity index (χ0) is 27.9. The summed E-state index contributed by atoms with van der Waals surface area (Å²) in [6.07, 6.45) is 6.80. The molecule has 0 bridgehead atoms. The first-order chi connectivity index (χ1) is 19.6. The summed E-state index contributed by atoms with van der Waals surface area (Å²) >= 11 is 6.55. The van der Waals surface area contributed by atoms with Gasteiger partial charge in [-0.05, 0) is 23.2 Å². The SMILES string of the molecule is CCN1CCN(Cc2ccc(Nc3cc(-c4c[nH+]cnc4Nc4cc(OC)cc(OC)c4Cl)ncn3)nc2)CC1. The van der Waals surface area contributed by atoms with Crippen LogP contribution < -0.4 is 25.1 Å². The van der Waals surface area contributed by atoms with Gasteiger partial charge in [0.15, 0.2) is 0 Å². The highest BCUT2D eigenvalue weighted by Crippen LogP contribution is 2.39. The molecular weight excluding hydrogens is 530 g/mol. The zero-order valence-electron chi connectivity index (χ0n) is 22.8. The van der Waals surface area contributed by atoms with Gasteiger partial charge < -0.3 is 25.0 Å². The van der Waals surface area contributed by atoms with Gasteiger partial charge in [0.05, 0.1) is 25.6 Å². The van der Waals surface area contributed by atoms with Crippen LogP contribution in [0.5, 0.6) is 11.5 Å². The molecule has 0 atom stereocenters. The van der Waals surface area contributed by atoms with Crippen LogP contribution in [-0.2, 0) is 6.54 Å². The normalized spacial score (nSPS) is 14.1. The van der Waals surface area contributed by atoms with E-state index in [1.54, 1.807) is 38.9 Å². The van der Waals surface area contributed by atoms with Gasteiger partial charge in [0.2, 0.25) is 0 Å². The number of pyridine rings is 1. The summed E-state index contributed by atoms with van der Waals surface area (Å²) in [6, 6.07) is 9.42. The van der Waals surface area contributed by atoms with Crippen LogP contribution in [0.15, 0.2) is 55.4 Å². The lowest BCUT2D eigenvalue weighted by Crippen LogP contribution is -2.45. The minimum Gasteiger partial charge on any atom is -0.497 e. The molecule has 3 N–H and O–H groups in total. The predicted molar refractivity (Wildman–Crippen MR) is 155 cm³/mol. The highest BCUT2D eigenvalue weighted by Gasteiger charge is 2.19. The maximum Gasteiger partial charge on any atom is 0.286 e. The molecule has 0 amide bonds. The van der Waals surface area contributed by atoms with Crippen molar-refractivity contribution < 1.29 is 14.5 Å². The lowest BCUT2D eigenvalue weighted by Gasteiger charge is -2.33. The van der Waals surface area contributed by atoms with Crippen molar-refractivity contribution in [3.05, 3.63) is 66.0 Å². The number of likely N-dealkylation sites (N-methyl/N-ethyl adjacent to an activating group) is 1. The molecule has 12 heteroatoms. The highest BCUT2D eigenvalue weighted by atomic mass is 35.5. The number of nitrogens with one attached hydrogen (secondary N) is 3. The number of anilines is 4. The van der Waals surface area contributed by atoms with Crippen LogP contribution in [0.25, 0.3) is 11.3 Å². The minimum absolute atomic E-state index is 0.409. The van der Waals surface area contributed by atoms with Gasteiger partial charge in [0.1, 0.15) is 46.2 Å². The largest absolute Gasteiger partial charge is 0.497 e. The summed E-state index contributed by atoms with van der Waals surface area (Å²) < 4.78 is 10.8. The maximum absolute atomic E-state index is 6.55. The van der Waals surface area contributed by atoms with Crippen molar-refractivity contribution in [3.8, 4) is 22.8 Å². The number of halogens is 1. The number of nitrogens with zero attached hydrogens (tertiary/aromatic N) is 6. The van der Waals surface area contributed by atoms with Gasteiger partial charge in [0.25, 0.3) is 12.1 Å². The molecule has 1 aliphatic heterocycles. The number of H-pyrrole nitrogens is 1. The Labute approximate surface area is 238 Å². The van der Waals surface area contributed by atoms with E-state index in [1.165, 1.54) is 11.9 Å². The fourth-order valence-electron chi connectivity index (χ4n) is 4.53. The number of aromatic nitrogens is 5. The van der Waals surface area contributed by atoms with Crippen molar-refractivity contribution in [2.24, 2.45) is 0 Å². The molecule has 0 radical (unpaired) electrons. The molecule has 1 saturated heterocycles. The van der Waals surface area contributed by atoms with Crippen molar-refractivity contribution >= 4 is 34.7 Å². The number of ether oxygens (including phenoxy) is 2. The minimum atomic E-state index is 0.409. The summed E-state index contributed by atoms with van der Waals surface area (Å²) in [5, 5.41) is 6.97.